The van der Waals surface area contributed by atoms with E-state index >= 15 is 0 Å². The van der Waals surface area contributed by atoms with Crippen molar-refractivity contribution in [2.24, 2.45) is 0 Å². The summed E-state index contributed by atoms with van der Waals surface area (Å²) >= 11 is 13.2. The van der Waals surface area contributed by atoms with Crippen LogP contribution in [0, 0.1) is 0 Å². The molecule has 0 radical (unpaired) electrons. The molecule has 0 spiro atoms. The smallest absolute Gasteiger partial charge is 0.410 e. The van der Waals surface area contributed by atoms with Crippen LogP contribution < -0.4 is 14.8 Å². The minimum absolute atomic E-state index is 0.174. The lowest BCUT2D eigenvalue weighted by Crippen LogP contribution is -2.49. The largest absolute Gasteiger partial charge is 0.495 e. The summed E-state index contributed by atoms with van der Waals surface area (Å²) < 4.78 is 16.4. The lowest BCUT2D eigenvalue weighted by atomic mass is 9.96. The number of hydrogen-bond acceptors (Lipinski definition) is 8. The Hall–Kier alpha value is -3.01. The topological polar surface area (TPSA) is 106 Å². The number of nitrogens with zero attached hydrogens (tertiary/aromatic N) is 3. The van der Waals surface area contributed by atoms with Crippen LogP contribution in [0.2, 0.25) is 10.0 Å². The number of aliphatic hydroxyl groups is 1. The normalized spacial score (nSPS) is 17.8. The number of likely N-dealkylation sites (tertiary alicyclic amines) is 1. The fourth-order valence-electron chi connectivity index (χ4n) is 4.71. The van der Waals surface area contributed by atoms with Crippen LogP contribution in [0.4, 0.5) is 10.7 Å². The maximum atomic E-state index is 12.9. The molecular formula is C28H34Cl2N4O5. The molecule has 11 heteroatoms. The van der Waals surface area contributed by atoms with Gasteiger partial charge in [0, 0.05) is 35.8 Å². The number of methoxy groups -OCH3 is 2. The van der Waals surface area contributed by atoms with Gasteiger partial charge in [0.15, 0.2) is 0 Å². The first kappa shape index (κ1) is 29.0. The van der Waals surface area contributed by atoms with Crippen molar-refractivity contribution >= 4 is 46.1 Å². The van der Waals surface area contributed by atoms with Crippen LogP contribution >= 0.6 is 23.2 Å². The molecule has 0 bridgehead atoms. The number of benzene rings is 2. The molecule has 1 aliphatic heterocycles. The molecule has 1 saturated heterocycles. The van der Waals surface area contributed by atoms with Gasteiger partial charge in [0.1, 0.15) is 17.1 Å². The van der Waals surface area contributed by atoms with Crippen molar-refractivity contribution in [3.8, 4) is 22.6 Å². The van der Waals surface area contributed by atoms with Gasteiger partial charge in [-0.2, -0.15) is 0 Å². The summed E-state index contributed by atoms with van der Waals surface area (Å²) in [5.74, 6) is 1.32. The quantitative estimate of drug-likeness (QED) is 0.358. The average Bonchev–Trinajstić information content (AvgIpc) is 3.28. The van der Waals surface area contributed by atoms with Crippen molar-refractivity contribution in [1.29, 1.82) is 0 Å². The molecule has 0 saturated carbocycles. The van der Waals surface area contributed by atoms with Gasteiger partial charge in [-0.05, 0) is 58.7 Å². The van der Waals surface area contributed by atoms with Gasteiger partial charge in [0.05, 0.1) is 41.4 Å². The summed E-state index contributed by atoms with van der Waals surface area (Å²) in [6.07, 6.45) is 1.76. The molecule has 9 nitrogen and oxygen atoms in total. The highest BCUT2D eigenvalue weighted by molar-refractivity contribution is 6.41. The first-order valence-electron chi connectivity index (χ1n) is 12.6. The maximum absolute atomic E-state index is 12.9. The number of fused-ring (bicyclic) bond motifs is 1. The zero-order valence-corrected chi connectivity index (χ0v) is 24.6. The van der Waals surface area contributed by atoms with Crippen LogP contribution in [0.5, 0.6) is 11.5 Å². The zero-order chi connectivity index (χ0) is 28.7. The number of hydrogen-bond donors (Lipinski definition) is 2. The molecular weight excluding hydrogens is 543 g/mol. The van der Waals surface area contributed by atoms with E-state index in [1.807, 2.05) is 39.0 Å². The summed E-state index contributed by atoms with van der Waals surface area (Å²) in [6, 6.07) is 6.67. The molecule has 3 aromatic rings. The van der Waals surface area contributed by atoms with E-state index in [2.05, 4.69) is 15.3 Å². The molecule has 4 rings (SSSR count). The fourth-order valence-corrected chi connectivity index (χ4v) is 5.43. The van der Waals surface area contributed by atoms with Crippen molar-refractivity contribution in [2.45, 2.75) is 64.3 Å². The number of halogens is 2. The Balaban J connectivity index is 1.59. The highest BCUT2D eigenvalue weighted by atomic mass is 35.5. The number of carbonyl (C=O) groups is 1. The molecule has 2 atom stereocenters. The molecule has 1 aromatic heterocycles. The molecule has 2 heterocycles. The van der Waals surface area contributed by atoms with Crippen molar-refractivity contribution in [1.82, 2.24) is 14.9 Å². The van der Waals surface area contributed by atoms with Crippen molar-refractivity contribution in [3.63, 3.8) is 0 Å². The van der Waals surface area contributed by atoms with Gasteiger partial charge < -0.3 is 29.5 Å². The molecule has 1 fully saturated rings. The third kappa shape index (κ3) is 6.26. The van der Waals surface area contributed by atoms with Gasteiger partial charge in [-0.15, -0.1) is 0 Å². The van der Waals surface area contributed by atoms with E-state index in [4.69, 9.17) is 37.4 Å². The Kier molecular flexibility index (Phi) is 8.08. The number of carbonyl (C=O) groups excluding carboxylic acids is 1. The minimum atomic E-state index is -1.11. The Morgan fingerprint density at radius 3 is 2.28 bits per heavy atom. The third-order valence-electron chi connectivity index (χ3n) is 6.52. The molecule has 1 aliphatic rings. The van der Waals surface area contributed by atoms with Gasteiger partial charge in [0.2, 0.25) is 5.95 Å². The number of aromatic nitrogens is 2. The van der Waals surface area contributed by atoms with E-state index in [1.165, 1.54) is 14.2 Å². The predicted octanol–water partition coefficient (Wildman–Crippen LogP) is 6.18. The standard InChI is InChI=1S/C28H34Cl2N4O5/c1-27(2,3)39-26(35)34-14-17(11-21(34)28(4,5)36)32-25-31-13-16-10-15(8-9-18(16)33-25)22-23(29)19(37-6)12-20(38-7)24(22)30/h8-10,12-13,17,21,36H,11,14H2,1-7H3,(H,31,32,33)/t17-,21-/m1/s1. The van der Waals surface area contributed by atoms with Crippen LogP contribution in [0.15, 0.2) is 30.5 Å². The minimum Gasteiger partial charge on any atom is -0.495 e. The third-order valence-corrected chi connectivity index (χ3v) is 7.27. The Bertz CT molecular complexity index is 1360. The van der Waals surface area contributed by atoms with Gasteiger partial charge in [-0.25, -0.2) is 14.8 Å². The second-order valence-corrected chi connectivity index (χ2v) is 11.9. The molecule has 0 unspecified atom stereocenters. The fraction of sp³-hybridized carbons (Fsp3) is 0.464. The number of ether oxygens (including phenoxy) is 3. The highest BCUT2D eigenvalue weighted by Gasteiger charge is 2.44. The van der Waals surface area contributed by atoms with E-state index in [9.17, 15) is 9.90 Å². The van der Waals surface area contributed by atoms with Crippen LogP contribution in [0.25, 0.3) is 22.0 Å². The predicted molar refractivity (Wildman–Crippen MR) is 153 cm³/mol. The van der Waals surface area contributed by atoms with Gasteiger partial charge in [-0.3, -0.25) is 0 Å². The summed E-state index contributed by atoms with van der Waals surface area (Å²) in [5, 5.41) is 15.6. The van der Waals surface area contributed by atoms with Gasteiger partial charge in [0.25, 0.3) is 0 Å². The second-order valence-electron chi connectivity index (χ2n) is 11.1. The van der Waals surface area contributed by atoms with Gasteiger partial charge in [-0.1, -0.05) is 29.3 Å². The highest BCUT2D eigenvalue weighted by Crippen LogP contribution is 2.46. The SMILES string of the molecule is COc1cc(OC)c(Cl)c(-c2ccc3nc(N[C@@H]4C[C@H](C(C)(C)O)N(C(=O)OC(C)(C)C)C4)ncc3c2)c1Cl. The Morgan fingerprint density at radius 2 is 1.72 bits per heavy atom. The summed E-state index contributed by atoms with van der Waals surface area (Å²) in [7, 11) is 3.06. The van der Waals surface area contributed by atoms with E-state index < -0.39 is 23.3 Å². The van der Waals surface area contributed by atoms with Crippen molar-refractivity contribution in [2.75, 3.05) is 26.1 Å². The zero-order valence-electron chi connectivity index (χ0n) is 23.1. The number of anilines is 1. The van der Waals surface area contributed by atoms with E-state index in [0.717, 1.165) is 10.9 Å². The van der Waals surface area contributed by atoms with Crippen LogP contribution in [-0.4, -0.2) is 70.1 Å². The molecule has 210 valence electrons. The summed E-state index contributed by atoms with van der Waals surface area (Å²) in [4.78, 5) is 23.6. The lowest BCUT2D eigenvalue weighted by molar-refractivity contribution is -0.0240. The lowest BCUT2D eigenvalue weighted by Gasteiger charge is -2.34. The van der Waals surface area contributed by atoms with E-state index in [0.29, 0.717) is 51.5 Å². The van der Waals surface area contributed by atoms with E-state index in [-0.39, 0.29) is 6.04 Å². The second kappa shape index (κ2) is 10.9. The molecule has 2 N–H and O–H groups in total. The number of nitrogens with one attached hydrogen (secondary N) is 1. The average molecular weight is 578 g/mol. The summed E-state index contributed by atoms with van der Waals surface area (Å²) in [6.45, 7) is 9.18. The Morgan fingerprint density at radius 1 is 1.08 bits per heavy atom. The van der Waals surface area contributed by atoms with E-state index in [1.54, 1.807) is 31.0 Å². The number of amides is 1. The number of rotatable bonds is 6. The maximum Gasteiger partial charge on any atom is 0.410 e. The van der Waals surface area contributed by atoms with Crippen LogP contribution in [0.1, 0.15) is 41.0 Å². The first-order valence-corrected chi connectivity index (χ1v) is 13.3. The molecule has 1 amide bonds. The summed E-state index contributed by atoms with van der Waals surface area (Å²) in [5.41, 5.74) is 0.302. The van der Waals surface area contributed by atoms with Crippen molar-refractivity contribution in [3.05, 3.63) is 40.5 Å². The van der Waals surface area contributed by atoms with Gasteiger partial charge >= 0.3 is 6.09 Å². The molecule has 0 aliphatic carbocycles. The monoisotopic (exact) mass is 576 g/mol. The molecule has 39 heavy (non-hydrogen) atoms. The van der Waals surface area contributed by atoms with Crippen LogP contribution in [0.3, 0.4) is 0 Å². The van der Waals surface area contributed by atoms with Crippen molar-refractivity contribution < 1.29 is 24.1 Å². The van der Waals surface area contributed by atoms with Crippen LogP contribution in [-0.2, 0) is 4.74 Å². The Labute approximate surface area is 238 Å². The molecule has 2 aromatic carbocycles. The first-order chi connectivity index (χ1) is 18.2.